The summed E-state index contributed by atoms with van der Waals surface area (Å²) in [5.74, 6) is -1.60. The van der Waals surface area contributed by atoms with Crippen LogP contribution in [0, 0.1) is 0 Å². The van der Waals surface area contributed by atoms with Crippen LogP contribution in [0.1, 0.15) is 0 Å². The van der Waals surface area contributed by atoms with Crippen LogP contribution in [0.4, 0.5) is 0 Å². The van der Waals surface area contributed by atoms with Gasteiger partial charge < -0.3 is 50.3 Å². The Bertz CT molecular complexity index is 1150. The second-order valence-electron chi connectivity index (χ2n) is 7.33. The van der Waals surface area contributed by atoms with Gasteiger partial charge in [-0.2, -0.15) is 0 Å². The Kier molecular flexibility index (Phi) is 5.67. The molecule has 1 saturated heterocycles. The minimum absolute atomic E-state index is 0.0463. The molecule has 1 aliphatic heterocycles. The lowest BCUT2D eigenvalue weighted by atomic mass is 9.99. The molecule has 0 aliphatic carbocycles. The molecule has 32 heavy (non-hydrogen) atoms. The first-order valence-corrected chi connectivity index (χ1v) is 9.52. The molecule has 0 amide bonds. The van der Waals surface area contributed by atoms with Gasteiger partial charge in [0.25, 0.3) is 0 Å². The highest BCUT2D eigenvalue weighted by Gasteiger charge is 2.44. The van der Waals surface area contributed by atoms with Gasteiger partial charge in [0.15, 0.2) is 11.5 Å². The number of rotatable bonds is 4. The highest BCUT2D eigenvalue weighted by Crippen LogP contribution is 2.41. The molecule has 1 aromatic heterocycles. The lowest BCUT2D eigenvalue weighted by molar-refractivity contribution is -0.277. The van der Waals surface area contributed by atoms with E-state index in [1.54, 1.807) is 0 Å². The van der Waals surface area contributed by atoms with Gasteiger partial charge in [-0.25, -0.2) is 4.42 Å². The quantitative estimate of drug-likeness (QED) is 0.203. The van der Waals surface area contributed by atoms with Gasteiger partial charge in [-0.15, -0.1) is 0 Å². The van der Waals surface area contributed by atoms with Crippen molar-refractivity contribution >= 4 is 11.0 Å². The topological polar surface area (TPSA) is 192 Å². The monoisotopic (exact) mass is 449 g/mol. The van der Waals surface area contributed by atoms with Crippen LogP contribution in [0.3, 0.4) is 0 Å². The third kappa shape index (κ3) is 3.83. The standard InChI is InChI=1S/C21H20O11/c22-7-16-17(27)18(28)19(29)21(32-16)30-9-4-12(24)10-6-14(26)20(31-15(10)5-9)8-1-2-11(23)13(25)3-8/h1-6,16-19,21-22,27-29H,7H2,(H3-,23,24,25,26)/p+1. The van der Waals surface area contributed by atoms with Crippen LogP contribution in [0.5, 0.6) is 28.7 Å². The molecular formula is C21H21O11+. The molecule has 5 atom stereocenters. The number of ether oxygens (including phenoxy) is 2. The number of hydrogen-bond acceptors (Lipinski definition) is 10. The second-order valence-corrected chi connectivity index (χ2v) is 7.33. The van der Waals surface area contributed by atoms with E-state index in [1.165, 1.54) is 30.3 Å². The van der Waals surface area contributed by atoms with Crippen molar-refractivity contribution in [2.24, 2.45) is 0 Å². The largest absolute Gasteiger partial charge is 0.507 e. The van der Waals surface area contributed by atoms with Gasteiger partial charge in [0.1, 0.15) is 41.3 Å². The van der Waals surface area contributed by atoms with E-state index >= 15 is 0 Å². The van der Waals surface area contributed by atoms with Gasteiger partial charge in [0.2, 0.25) is 12.0 Å². The molecule has 2 aromatic carbocycles. The summed E-state index contributed by atoms with van der Waals surface area (Å²) < 4.78 is 16.5. The molecule has 3 aromatic rings. The highest BCUT2D eigenvalue weighted by atomic mass is 16.7. The first kappa shape index (κ1) is 21.9. The molecule has 1 fully saturated rings. The lowest BCUT2D eigenvalue weighted by Gasteiger charge is -2.39. The second kappa shape index (κ2) is 8.30. The van der Waals surface area contributed by atoms with E-state index in [4.69, 9.17) is 13.9 Å². The van der Waals surface area contributed by atoms with Crippen molar-refractivity contribution in [1.82, 2.24) is 0 Å². The fraction of sp³-hybridized carbons (Fsp3) is 0.286. The summed E-state index contributed by atoms with van der Waals surface area (Å²) in [5.41, 5.74) is 0.282. The minimum Gasteiger partial charge on any atom is -0.507 e. The summed E-state index contributed by atoms with van der Waals surface area (Å²) in [6.07, 6.45) is -7.51. The molecule has 2 heterocycles. The van der Waals surface area contributed by atoms with Gasteiger partial charge in [-0.05, 0) is 12.1 Å². The summed E-state index contributed by atoms with van der Waals surface area (Å²) >= 11 is 0. The van der Waals surface area contributed by atoms with E-state index in [9.17, 15) is 40.9 Å². The van der Waals surface area contributed by atoms with Crippen molar-refractivity contribution < 1.29 is 54.7 Å². The zero-order valence-electron chi connectivity index (χ0n) is 16.4. The SMILES string of the molecule is OCC1OC(Oc2cc(O)c3cc(O)c(-c4ccc(O)c(O)c4)[o+]c3c2)C(O)C(O)C1O. The molecule has 4 rings (SSSR count). The lowest BCUT2D eigenvalue weighted by Crippen LogP contribution is -2.60. The maximum Gasteiger partial charge on any atom is 0.402 e. The Morgan fingerprint density at radius 3 is 2.25 bits per heavy atom. The summed E-state index contributed by atoms with van der Waals surface area (Å²) in [6.45, 7) is -0.634. The number of aromatic hydroxyl groups is 4. The minimum atomic E-state index is -1.65. The van der Waals surface area contributed by atoms with Crippen LogP contribution in [-0.2, 0) is 4.74 Å². The molecule has 0 spiro atoms. The van der Waals surface area contributed by atoms with E-state index in [-0.39, 0.29) is 45.3 Å². The van der Waals surface area contributed by atoms with Crippen LogP contribution in [0.25, 0.3) is 22.3 Å². The number of aliphatic hydroxyl groups is 4. The third-order valence-corrected chi connectivity index (χ3v) is 5.16. The fourth-order valence-corrected chi connectivity index (χ4v) is 3.42. The van der Waals surface area contributed by atoms with Crippen molar-refractivity contribution in [2.45, 2.75) is 30.7 Å². The molecule has 0 saturated carbocycles. The number of fused-ring (bicyclic) bond motifs is 1. The molecular weight excluding hydrogens is 428 g/mol. The van der Waals surface area contributed by atoms with Gasteiger partial charge in [-0.3, -0.25) is 0 Å². The summed E-state index contributed by atoms with van der Waals surface area (Å²) in [4.78, 5) is 0. The summed E-state index contributed by atoms with van der Waals surface area (Å²) in [6, 6.07) is 7.48. The highest BCUT2D eigenvalue weighted by molar-refractivity contribution is 5.88. The first-order chi connectivity index (χ1) is 15.2. The maximum atomic E-state index is 10.3. The van der Waals surface area contributed by atoms with E-state index in [0.717, 1.165) is 6.07 Å². The van der Waals surface area contributed by atoms with Crippen LogP contribution < -0.4 is 4.74 Å². The molecule has 5 unspecified atom stereocenters. The van der Waals surface area contributed by atoms with E-state index < -0.39 is 43.1 Å². The Morgan fingerprint density at radius 1 is 0.812 bits per heavy atom. The molecule has 11 nitrogen and oxygen atoms in total. The Hall–Kier alpha value is -3.35. The number of aliphatic hydroxyl groups excluding tert-OH is 4. The van der Waals surface area contributed by atoms with Crippen LogP contribution in [0.15, 0.2) is 40.8 Å². The smallest absolute Gasteiger partial charge is 0.402 e. The molecule has 8 N–H and O–H groups in total. The van der Waals surface area contributed by atoms with Gasteiger partial charge in [0.05, 0.1) is 18.2 Å². The molecule has 170 valence electrons. The zero-order chi connectivity index (χ0) is 23.2. The number of phenolic OH excluding ortho intramolecular Hbond substituents is 3. The van der Waals surface area contributed by atoms with Crippen molar-refractivity contribution in [3.8, 4) is 40.1 Å². The molecule has 1 aliphatic rings. The van der Waals surface area contributed by atoms with E-state index in [2.05, 4.69) is 0 Å². The maximum absolute atomic E-state index is 10.3. The number of benzene rings is 2. The average Bonchev–Trinajstić information content (AvgIpc) is 2.76. The van der Waals surface area contributed by atoms with Crippen LogP contribution in [-0.4, -0.2) is 78.2 Å². The van der Waals surface area contributed by atoms with Gasteiger partial charge in [0, 0.05) is 18.2 Å². The predicted molar refractivity (Wildman–Crippen MR) is 107 cm³/mol. The van der Waals surface area contributed by atoms with Crippen LogP contribution >= 0.6 is 0 Å². The zero-order valence-corrected chi connectivity index (χ0v) is 16.4. The average molecular weight is 449 g/mol. The summed E-state index contributed by atoms with van der Waals surface area (Å²) in [5, 5.41) is 79.2. The van der Waals surface area contributed by atoms with Crippen molar-refractivity contribution in [3.63, 3.8) is 0 Å². The molecule has 0 radical (unpaired) electrons. The molecule has 0 bridgehead atoms. The fourth-order valence-electron chi connectivity index (χ4n) is 3.42. The predicted octanol–water partition coefficient (Wildman–Crippen LogP) is 0.382. The Labute approximate surface area is 180 Å². The van der Waals surface area contributed by atoms with Crippen molar-refractivity contribution in [2.75, 3.05) is 6.61 Å². The van der Waals surface area contributed by atoms with Crippen molar-refractivity contribution in [3.05, 3.63) is 36.4 Å². The number of phenols is 3. The van der Waals surface area contributed by atoms with Crippen LogP contribution in [0.2, 0.25) is 0 Å². The third-order valence-electron chi connectivity index (χ3n) is 5.16. The molecule has 11 heteroatoms. The normalized spacial score (nSPS) is 25.7. The summed E-state index contributed by atoms with van der Waals surface area (Å²) in [7, 11) is 0. The van der Waals surface area contributed by atoms with E-state index in [0.29, 0.717) is 0 Å². The van der Waals surface area contributed by atoms with E-state index in [1.807, 2.05) is 0 Å². The number of hydrogen-bond donors (Lipinski definition) is 8. The van der Waals surface area contributed by atoms with Crippen molar-refractivity contribution in [1.29, 1.82) is 0 Å². The van der Waals surface area contributed by atoms with Gasteiger partial charge in [-0.1, -0.05) is 0 Å². The Balaban J connectivity index is 1.71. The first-order valence-electron chi connectivity index (χ1n) is 9.52. The van der Waals surface area contributed by atoms with Gasteiger partial charge >= 0.3 is 11.3 Å². The Morgan fingerprint density at radius 2 is 1.56 bits per heavy atom.